The molecule has 1 N–H and O–H groups in total. The zero-order valence-corrected chi connectivity index (χ0v) is 16.6. The van der Waals surface area contributed by atoms with Crippen LogP contribution in [0.2, 0.25) is 0 Å². The van der Waals surface area contributed by atoms with Gasteiger partial charge in [-0.25, -0.2) is 0 Å². The summed E-state index contributed by atoms with van der Waals surface area (Å²) < 4.78 is 0. The fourth-order valence-electron chi connectivity index (χ4n) is 3.06. The van der Waals surface area contributed by atoms with E-state index in [-0.39, 0.29) is 37.2 Å². The standard InChI is InChI=1S/C23H23N3O3/c1-25(2)18-13-11-17(12-14-18)7-5-15-24-21(27)10-6-16-26-22(28)19-8-3-4-9-20(19)23(26)29/h3-4,8-9,11-14H,6,10,15-16H2,1-2H3,(H,24,27). The van der Waals surface area contributed by atoms with Crippen LogP contribution in [0, 0.1) is 11.8 Å². The second kappa shape index (κ2) is 9.07. The van der Waals surface area contributed by atoms with Crippen molar-refractivity contribution in [3.63, 3.8) is 0 Å². The number of carbonyl (C=O) groups excluding carboxylic acids is 3. The molecule has 1 aliphatic heterocycles. The zero-order valence-electron chi connectivity index (χ0n) is 16.6. The molecule has 0 saturated heterocycles. The second-order valence-electron chi connectivity index (χ2n) is 6.93. The van der Waals surface area contributed by atoms with Crippen molar-refractivity contribution < 1.29 is 14.4 Å². The lowest BCUT2D eigenvalue weighted by molar-refractivity contribution is -0.121. The van der Waals surface area contributed by atoms with Crippen LogP contribution in [0.1, 0.15) is 39.1 Å². The summed E-state index contributed by atoms with van der Waals surface area (Å²) in [5.74, 6) is 5.19. The first-order chi connectivity index (χ1) is 14.0. The molecule has 2 aromatic carbocycles. The van der Waals surface area contributed by atoms with E-state index in [1.54, 1.807) is 24.3 Å². The molecule has 0 atom stereocenters. The second-order valence-corrected chi connectivity index (χ2v) is 6.93. The Morgan fingerprint density at radius 2 is 1.62 bits per heavy atom. The van der Waals surface area contributed by atoms with Gasteiger partial charge in [-0.3, -0.25) is 19.3 Å². The van der Waals surface area contributed by atoms with Crippen molar-refractivity contribution in [2.75, 3.05) is 32.1 Å². The molecular formula is C23H23N3O3. The molecular weight excluding hydrogens is 366 g/mol. The summed E-state index contributed by atoms with van der Waals surface area (Å²) in [5.41, 5.74) is 2.84. The summed E-state index contributed by atoms with van der Waals surface area (Å²) in [5, 5.41) is 2.74. The summed E-state index contributed by atoms with van der Waals surface area (Å²) in [6.07, 6.45) is 0.642. The molecule has 3 rings (SSSR count). The van der Waals surface area contributed by atoms with Crippen molar-refractivity contribution in [1.82, 2.24) is 10.2 Å². The molecule has 2 aromatic rings. The monoisotopic (exact) mass is 389 g/mol. The molecule has 148 valence electrons. The van der Waals surface area contributed by atoms with E-state index in [1.165, 1.54) is 4.90 Å². The number of amides is 3. The number of hydrogen-bond acceptors (Lipinski definition) is 4. The average molecular weight is 389 g/mol. The molecule has 1 aliphatic rings. The van der Waals surface area contributed by atoms with Gasteiger partial charge in [-0.05, 0) is 42.8 Å². The van der Waals surface area contributed by atoms with E-state index in [0.717, 1.165) is 11.3 Å². The molecule has 0 bridgehead atoms. The number of imide groups is 1. The predicted molar refractivity (Wildman–Crippen MR) is 112 cm³/mol. The van der Waals surface area contributed by atoms with Crippen LogP contribution in [0.4, 0.5) is 5.69 Å². The summed E-state index contributed by atoms with van der Waals surface area (Å²) in [7, 11) is 3.95. The summed E-state index contributed by atoms with van der Waals surface area (Å²) in [6.45, 7) is 0.477. The van der Waals surface area contributed by atoms with Crippen LogP contribution in [0.15, 0.2) is 48.5 Å². The lowest BCUT2D eigenvalue weighted by atomic mass is 10.1. The van der Waals surface area contributed by atoms with Gasteiger partial charge in [0.2, 0.25) is 5.91 Å². The topological polar surface area (TPSA) is 69.7 Å². The van der Waals surface area contributed by atoms with Crippen molar-refractivity contribution in [2.24, 2.45) is 0 Å². The Balaban J connectivity index is 1.40. The van der Waals surface area contributed by atoms with Gasteiger partial charge in [0.25, 0.3) is 11.8 Å². The van der Waals surface area contributed by atoms with Crippen LogP contribution in [0.5, 0.6) is 0 Å². The van der Waals surface area contributed by atoms with E-state index in [2.05, 4.69) is 17.2 Å². The van der Waals surface area contributed by atoms with Crippen LogP contribution in [-0.4, -0.2) is 49.8 Å². The average Bonchev–Trinajstić information content (AvgIpc) is 2.96. The van der Waals surface area contributed by atoms with Crippen molar-refractivity contribution in [3.8, 4) is 11.8 Å². The maximum Gasteiger partial charge on any atom is 0.261 e. The number of anilines is 1. The highest BCUT2D eigenvalue weighted by molar-refractivity contribution is 6.21. The Morgan fingerprint density at radius 3 is 2.21 bits per heavy atom. The molecule has 29 heavy (non-hydrogen) atoms. The van der Waals surface area contributed by atoms with Gasteiger partial charge in [-0.1, -0.05) is 24.0 Å². The van der Waals surface area contributed by atoms with E-state index in [0.29, 0.717) is 17.5 Å². The van der Waals surface area contributed by atoms with Crippen LogP contribution in [0.25, 0.3) is 0 Å². The third kappa shape index (κ3) is 4.82. The summed E-state index contributed by atoms with van der Waals surface area (Å²) in [6, 6.07) is 14.6. The minimum absolute atomic E-state index is 0.154. The number of nitrogens with zero attached hydrogens (tertiary/aromatic N) is 2. The minimum Gasteiger partial charge on any atom is -0.378 e. The fraction of sp³-hybridized carbons (Fsp3) is 0.261. The van der Waals surface area contributed by atoms with Gasteiger partial charge in [0.1, 0.15) is 0 Å². The molecule has 1 heterocycles. The number of carbonyl (C=O) groups is 3. The van der Waals surface area contributed by atoms with Gasteiger partial charge < -0.3 is 10.2 Å². The summed E-state index contributed by atoms with van der Waals surface area (Å²) in [4.78, 5) is 39.7. The molecule has 0 spiro atoms. The lowest BCUT2D eigenvalue weighted by Crippen LogP contribution is -2.32. The summed E-state index contributed by atoms with van der Waals surface area (Å²) >= 11 is 0. The first-order valence-corrected chi connectivity index (χ1v) is 9.45. The SMILES string of the molecule is CN(C)c1ccc(C#CCNC(=O)CCCN2C(=O)c3ccccc3C2=O)cc1. The Hall–Kier alpha value is -3.59. The molecule has 0 aromatic heterocycles. The Labute approximate surface area is 170 Å². The number of rotatable bonds is 6. The van der Waals surface area contributed by atoms with Crippen LogP contribution >= 0.6 is 0 Å². The van der Waals surface area contributed by atoms with E-state index >= 15 is 0 Å². The van der Waals surface area contributed by atoms with Gasteiger partial charge in [-0.15, -0.1) is 0 Å². The number of fused-ring (bicyclic) bond motifs is 1. The molecule has 3 amide bonds. The quantitative estimate of drug-likeness (QED) is 0.608. The van der Waals surface area contributed by atoms with E-state index in [4.69, 9.17) is 0 Å². The highest BCUT2D eigenvalue weighted by Crippen LogP contribution is 2.22. The molecule has 0 unspecified atom stereocenters. The van der Waals surface area contributed by atoms with Crippen molar-refractivity contribution >= 4 is 23.4 Å². The zero-order chi connectivity index (χ0) is 20.8. The molecule has 0 fully saturated rings. The van der Waals surface area contributed by atoms with Crippen molar-refractivity contribution in [1.29, 1.82) is 0 Å². The fourth-order valence-corrected chi connectivity index (χ4v) is 3.06. The highest BCUT2D eigenvalue weighted by atomic mass is 16.2. The highest BCUT2D eigenvalue weighted by Gasteiger charge is 2.34. The minimum atomic E-state index is -0.294. The van der Waals surface area contributed by atoms with Crippen molar-refractivity contribution in [3.05, 3.63) is 65.2 Å². The normalized spacial score (nSPS) is 12.3. The third-order valence-corrected chi connectivity index (χ3v) is 4.65. The molecule has 0 saturated carbocycles. The molecule has 0 radical (unpaired) electrons. The van der Waals surface area contributed by atoms with E-state index < -0.39 is 0 Å². The van der Waals surface area contributed by atoms with Crippen LogP contribution in [0.3, 0.4) is 0 Å². The predicted octanol–water partition coefficient (Wildman–Crippen LogP) is 2.30. The first-order valence-electron chi connectivity index (χ1n) is 9.45. The Bertz CT molecular complexity index is 949. The van der Waals surface area contributed by atoms with Crippen LogP contribution in [-0.2, 0) is 4.79 Å². The van der Waals surface area contributed by atoms with Gasteiger partial charge >= 0.3 is 0 Å². The number of benzene rings is 2. The van der Waals surface area contributed by atoms with Gasteiger partial charge in [-0.2, -0.15) is 0 Å². The molecule has 0 aliphatic carbocycles. The van der Waals surface area contributed by atoms with Gasteiger partial charge in [0.15, 0.2) is 0 Å². The van der Waals surface area contributed by atoms with E-state index in [9.17, 15) is 14.4 Å². The molecule has 6 nitrogen and oxygen atoms in total. The Kier molecular flexibility index (Phi) is 6.30. The maximum absolute atomic E-state index is 12.3. The number of nitrogens with one attached hydrogen (secondary N) is 1. The lowest BCUT2D eigenvalue weighted by Gasteiger charge is -2.13. The van der Waals surface area contributed by atoms with E-state index in [1.807, 2.05) is 43.3 Å². The van der Waals surface area contributed by atoms with Crippen molar-refractivity contribution in [2.45, 2.75) is 12.8 Å². The Morgan fingerprint density at radius 1 is 1.00 bits per heavy atom. The largest absolute Gasteiger partial charge is 0.378 e. The first kappa shape index (κ1) is 20.2. The number of hydrogen-bond donors (Lipinski definition) is 1. The maximum atomic E-state index is 12.3. The third-order valence-electron chi connectivity index (χ3n) is 4.65. The van der Waals surface area contributed by atoms with Crippen LogP contribution < -0.4 is 10.2 Å². The smallest absolute Gasteiger partial charge is 0.261 e. The van der Waals surface area contributed by atoms with Gasteiger partial charge in [0, 0.05) is 38.3 Å². The molecule has 6 heteroatoms. The van der Waals surface area contributed by atoms with Gasteiger partial charge in [0.05, 0.1) is 17.7 Å².